The predicted molar refractivity (Wildman–Crippen MR) is 75.8 cm³/mol. The van der Waals surface area contributed by atoms with Gasteiger partial charge in [0.2, 0.25) is 0 Å². The molecule has 0 aliphatic heterocycles. The third-order valence-electron chi connectivity index (χ3n) is 2.34. The summed E-state index contributed by atoms with van der Waals surface area (Å²) in [4.78, 5) is 11.7. The summed E-state index contributed by atoms with van der Waals surface area (Å²) < 4.78 is 4.81. The van der Waals surface area contributed by atoms with Gasteiger partial charge in [-0.15, -0.1) is 0 Å². The Morgan fingerprint density at radius 1 is 1.56 bits per heavy atom. The van der Waals surface area contributed by atoms with Crippen LogP contribution in [0.4, 0.5) is 4.79 Å². The van der Waals surface area contributed by atoms with E-state index in [9.17, 15) is 4.79 Å². The molecule has 1 aromatic rings. The fourth-order valence-electron chi connectivity index (χ4n) is 1.46. The first kappa shape index (κ1) is 13.8. The Kier molecular flexibility index (Phi) is 6.16. The molecule has 0 amide bonds. The second-order valence-corrected chi connectivity index (χ2v) is 5.07. The second kappa shape index (κ2) is 7.14. The molecule has 0 aliphatic carbocycles. The molecule has 0 spiro atoms. The van der Waals surface area contributed by atoms with Crippen LogP contribution in [0.15, 0.2) is 29.2 Å². The SMILES string of the molecule is CC(CCOC(=O)S)c1ccccc1S[SH2+]. The Morgan fingerprint density at radius 2 is 2.25 bits per heavy atom. The van der Waals surface area contributed by atoms with E-state index in [1.165, 1.54) is 10.5 Å². The highest BCUT2D eigenvalue weighted by molar-refractivity contribution is 8.59. The first-order valence-corrected chi connectivity index (χ1v) is 7.42. The highest BCUT2D eigenvalue weighted by Crippen LogP contribution is 2.29. The summed E-state index contributed by atoms with van der Waals surface area (Å²) in [5, 5.41) is -0.519. The fraction of sp³-hybridized carbons (Fsp3) is 0.364. The van der Waals surface area contributed by atoms with Gasteiger partial charge in [0.1, 0.15) is 10.8 Å². The molecule has 1 unspecified atom stereocenters. The zero-order valence-corrected chi connectivity index (χ0v) is 11.7. The number of benzene rings is 1. The van der Waals surface area contributed by atoms with Crippen molar-refractivity contribution >= 4 is 40.4 Å². The molecule has 0 fully saturated rings. The van der Waals surface area contributed by atoms with Crippen molar-refractivity contribution in [3.63, 3.8) is 0 Å². The van der Waals surface area contributed by atoms with Crippen molar-refractivity contribution in [1.82, 2.24) is 0 Å². The molecule has 16 heavy (non-hydrogen) atoms. The minimum Gasteiger partial charge on any atom is -0.458 e. The largest absolute Gasteiger partial charge is 0.458 e. The number of carbonyl (C=O) groups excluding carboxylic acids is 1. The highest BCUT2D eigenvalue weighted by atomic mass is 33.1. The van der Waals surface area contributed by atoms with Gasteiger partial charge in [0.15, 0.2) is 0 Å². The lowest BCUT2D eigenvalue weighted by atomic mass is 9.98. The van der Waals surface area contributed by atoms with E-state index < -0.39 is 5.30 Å². The van der Waals surface area contributed by atoms with Crippen molar-refractivity contribution in [3.8, 4) is 0 Å². The van der Waals surface area contributed by atoms with Crippen LogP contribution < -0.4 is 0 Å². The molecule has 1 rings (SSSR count). The zero-order chi connectivity index (χ0) is 12.0. The standard InChI is InChI=1S/C11H14O2S3/c1-8(6-7-13-11(12)14)9-4-2-3-5-10(9)16-15/h2-5,8,15H,6-7H2,1H3,(H,12,14)/p+1. The normalized spacial score (nSPS) is 12.2. The molecule has 1 aromatic carbocycles. The Hall–Kier alpha value is -0.260. The molecule has 5 heteroatoms. The van der Waals surface area contributed by atoms with Crippen molar-refractivity contribution in [1.29, 1.82) is 0 Å². The molecule has 0 N–H and O–H groups in total. The number of rotatable bonds is 5. The summed E-state index contributed by atoms with van der Waals surface area (Å²) in [6.45, 7) is 2.53. The lowest BCUT2D eigenvalue weighted by Crippen LogP contribution is -2.03. The van der Waals surface area contributed by atoms with Gasteiger partial charge in [-0.25, -0.2) is 4.79 Å². The molecule has 0 aromatic heterocycles. The number of hydrogen-bond acceptors (Lipinski definition) is 3. The average molecular weight is 275 g/mol. The molecule has 0 saturated carbocycles. The van der Waals surface area contributed by atoms with Crippen LogP contribution in [0.3, 0.4) is 0 Å². The lowest BCUT2D eigenvalue weighted by Gasteiger charge is -2.13. The number of hydrogen-bond donors (Lipinski definition) is 1. The second-order valence-electron chi connectivity index (χ2n) is 3.44. The van der Waals surface area contributed by atoms with Gasteiger partial charge >= 0.3 is 5.30 Å². The van der Waals surface area contributed by atoms with Crippen LogP contribution in [-0.2, 0) is 16.4 Å². The molecule has 0 heterocycles. The van der Waals surface area contributed by atoms with Crippen molar-refractivity contribution in [2.45, 2.75) is 24.2 Å². The topological polar surface area (TPSA) is 26.3 Å². The maximum Gasteiger partial charge on any atom is 0.364 e. The van der Waals surface area contributed by atoms with Gasteiger partial charge in [-0.1, -0.05) is 37.8 Å². The minimum absolute atomic E-state index is 0.354. The van der Waals surface area contributed by atoms with Gasteiger partial charge in [-0.3, -0.25) is 0 Å². The van der Waals surface area contributed by atoms with Crippen LogP contribution in [0, 0.1) is 0 Å². The van der Waals surface area contributed by atoms with Gasteiger partial charge in [0.05, 0.1) is 11.5 Å². The Morgan fingerprint density at radius 3 is 2.88 bits per heavy atom. The van der Waals surface area contributed by atoms with E-state index in [2.05, 4.69) is 43.3 Å². The molecule has 0 bridgehead atoms. The Balaban J connectivity index is 2.58. The maximum absolute atomic E-state index is 10.5. The van der Waals surface area contributed by atoms with Crippen molar-refractivity contribution in [2.24, 2.45) is 0 Å². The van der Waals surface area contributed by atoms with Crippen molar-refractivity contribution in [2.75, 3.05) is 6.61 Å². The van der Waals surface area contributed by atoms with Gasteiger partial charge in [0, 0.05) is 11.7 Å². The van der Waals surface area contributed by atoms with Gasteiger partial charge in [-0.05, 0) is 24.0 Å². The third-order valence-corrected chi connectivity index (χ3v) is 3.72. The molecule has 0 radical (unpaired) electrons. The van der Waals surface area contributed by atoms with Gasteiger partial charge in [0.25, 0.3) is 0 Å². The van der Waals surface area contributed by atoms with Gasteiger partial charge in [-0.2, -0.15) is 0 Å². The fourth-order valence-corrected chi connectivity index (χ4v) is 2.64. The maximum atomic E-state index is 10.5. The molecular formula is C11H15O2S3+. The van der Waals surface area contributed by atoms with E-state index in [1.807, 2.05) is 12.1 Å². The zero-order valence-electron chi connectivity index (χ0n) is 8.97. The Bertz CT molecular complexity index is 355. The van der Waals surface area contributed by atoms with E-state index in [0.717, 1.165) is 6.42 Å². The Labute approximate surface area is 110 Å². The van der Waals surface area contributed by atoms with Crippen LogP contribution in [0.25, 0.3) is 0 Å². The predicted octanol–water partition coefficient (Wildman–Crippen LogP) is 3.27. The molecule has 88 valence electrons. The summed E-state index contributed by atoms with van der Waals surface area (Å²) >= 11 is 6.99. The highest BCUT2D eigenvalue weighted by Gasteiger charge is 2.12. The summed E-state index contributed by atoms with van der Waals surface area (Å²) in [6.07, 6.45) is 0.802. The van der Waals surface area contributed by atoms with E-state index in [4.69, 9.17) is 4.74 Å². The van der Waals surface area contributed by atoms with E-state index in [1.54, 1.807) is 10.8 Å². The number of carbonyl (C=O) groups is 1. The van der Waals surface area contributed by atoms with Gasteiger partial charge < -0.3 is 4.74 Å². The lowest BCUT2D eigenvalue weighted by molar-refractivity contribution is 0.171. The molecule has 0 saturated heterocycles. The number of ether oxygens (including phenoxy) is 1. The van der Waals surface area contributed by atoms with Crippen LogP contribution in [0.2, 0.25) is 0 Å². The third kappa shape index (κ3) is 4.31. The first-order chi connectivity index (χ1) is 7.65. The smallest absolute Gasteiger partial charge is 0.364 e. The quantitative estimate of drug-likeness (QED) is 0.387. The molecular weight excluding hydrogens is 260 g/mol. The van der Waals surface area contributed by atoms with E-state index in [-0.39, 0.29) is 0 Å². The van der Waals surface area contributed by atoms with Crippen LogP contribution in [-0.4, -0.2) is 11.9 Å². The van der Waals surface area contributed by atoms with E-state index in [0.29, 0.717) is 12.5 Å². The molecule has 1 atom stereocenters. The summed E-state index contributed by atoms with van der Waals surface area (Å²) in [7, 11) is 1.55. The molecule has 2 nitrogen and oxygen atoms in total. The van der Waals surface area contributed by atoms with Crippen LogP contribution in [0.5, 0.6) is 0 Å². The van der Waals surface area contributed by atoms with Crippen molar-refractivity contribution < 1.29 is 9.53 Å². The van der Waals surface area contributed by atoms with Crippen molar-refractivity contribution in [3.05, 3.63) is 29.8 Å². The minimum atomic E-state index is -0.519. The van der Waals surface area contributed by atoms with Crippen LogP contribution in [0.1, 0.15) is 24.8 Å². The summed E-state index contributed by atoms with van der Waals surface area (Å²) in [6, 6.07) is 8.18. The van der Waals surface area contributed by atoms with E-state index >= 15 is 0 Å². The van der Waals surface area contributed by atoms with Crippen LogP contribution >= 0.6 is 23.4 Å². The average Bonchev–Trinajstić information content (AvgIpc) is 2.28. The molecule has 0 aliphatic rings. The summed E-state index contributed by atoms with van der Waals surface area (Å²) in [5.41, 5.74) is 1.26. The number of thiol groups is 1. The first-order valence-electron chi connectivity index (χ1n) is 4.93. The summed E-state index contributed by atoms with van der Waals surface area (Å²) in [5.74, 6) is 0.354. The monoisotopic (exact) mass is 275 g/mol.